The molecule has 1 aromatic carbocycles. The lowest BCUT2D eigenvalue weighted by Crippen LogP contribution is -1.96. The average molecular weight is 217 g/mol. The highest BCUT2D eigenvalue weighted by Gasteiger charge is 2.04. The van der Waals surface area contributed by atoms with Crippen LogP contribution in [0.2, 0.25) is 0 Å². The minimum atomic E-state index is 0.836. The van der Waals surface area contributed by atoms with Crippen LogP contribution in [0.25, 0.3) is 11.3 Å². The molecule has 0 N–H and O–H groups in total. The van der Waals surface area contributed by atoms with E-state index in [1.165, 1.54) is 0 Å². The largest absolute Gasteiger partial charge is 0.497 e. The van der Waals surface area contributed by atoms with E-state index >= 15 is 0 Å². The Morgan fingerprint density at radius 1 is 1.38 bits per heavy atom. The van der Waals surface area contributed by atoms with Crippen LogP contribution in [0.5, 0.6) is 5.75 Å². The first kappa shape index (κ1) is 10.7. The van der Waals surface area contributed by atoms with Crippen LogP contribution in [-0.4, -0.2) is 22.1 Å². The van der Waals surface area contributed by atoms with Crippen molar-refractivity contribution in [2.75, 3.05) is 7.11 Å². The first-order valence-electron chi connectivity index (χ1n) is 5.38. The molecule has 2 aromatic rings. The zero-order valence-electron chi connectivity index (χ0n) is 9.55. The van der Waals surface area contributed by atoms with E-state index in [9.17, 15) is 0 Å². The summed E-state index contributed by atoms with van der Waals surface area (Å²) in [4.78, 5) is 0. The number of hydrogen-bond donors (Lipinski definition) is 0. The van der Waals surface area contributed by atoms with Crippen molar-refractivity contribution < 1.29 is 4.74 Å². The molecule has 0 spiro atoms. The molecule has 0 fully saturated rings. The van der Waals surface area contributed by atoms with Gasteiger partial charge in [-0.05, 0) is 18.6 Å². The van der Waals surface area contributed by atoms with Crippen molar-refractivity contribution >= 4 is 0 Å². The number of rotatable bonds is 4. The highest BCUT2D eigenvalue weighted by Crippen LogP contribution is 2.21. The third kappa shape index (κ3) is 2.21. The highest BCUT2D eigenvalue weighted by atomic mass is 16.5. The van der Waals surface area contributed by atoms with Gasteiger partial charge in [0.15, 0.2) is 0 Å². The van der Waals surface area contributed by atoms with E-state index in [1.807, 2.05) is 35.1 Å². The zero-order valence-corrected chi connectivity index (χ0v) is 9.55. The smallest absolute Gasteiger partial charge is 0.119 e. The van der Waals surface area contributed by atoms with Gasteiger partial charge in [-0.1, -0.05) is 24.3 Å². The van der Waals surface area contributed by atoms with Crippen molar-refractivity contribution in [3.63, 3.8) is 0 Å². The summed E-state index contributed by atoms with van der Waals surface area (Å²) < 4.78 is 7.03. The first-order chi connectivity index (χ1) is 7.83. The summed E-state index contributed by atoms with van der Waals surface area (Å²) in [6.45, 7) is 3.02. The van der Waals surface area contributed by atoms with Crippen LogP contribution < -0.4 is 4.74 Å². The van der Waals surface area contributed by atoms with Gasteiger partial charge in [-0.2, -0.15) is 0 Å². The monoisotopic (exact) mass is 217 g/mol. The first-order valence-corrected chi connectivity index (χ1v) is 5.38. The van der Waals surface area contributed by atoms with Crippen LogP contribution >= 0.6 is 0 Å². The molecule has 0 aliphatic carbocycles. The van der Waals surface area contributed by atoms with E-state index in [0.29, 0.717) is 0 Å². The predicted molar refractivity (Wildman–Crippen MR) is 62.3 cm³/mol. The van der Waals surface area contributed by atoms with Gasteiger partial charge in [0.05, 0.1) is 13.3 Å². The van der Waals surface area contributed by atoms with Crippen LogP contribution in [0.15, 0.2) is 30.5 Å². The van der Waals surface area contributed by atoms with Gasteiger partial charge in [0.2, 0.25) is 0 Å². The minimum Gasteiger partial charge on any atom is -0.497 e. The van der Waals surface area contributed by atoms with Crippen LogP contribution in [-0.2, 0) is 6.54 Å². The molecule has 0 unspecified atom stereocenters. The van der Waals surface area contributed by atoms with Gasteiger partial charge in [-0.25, -0.2) is 0 Å². The Morgan fingerprint density at radius 2 is 2.25 bits per heavy atom. The molecule has 0 saturated carbocycles. The lowest BCUT2D eigenvalue weighted by atomic mass is 10.1. The topological polar surface area (TPSA) is 39.9 Å². The third-order valence-electron chi connectivity index (χ3n) is 2.36. The average Bonchev–Trinajstić information content (AvgIpc) is 2.78. The number of benzene rings is 1. The lowest BCUT2D eigenvalue weighted by Gasteiger charge is -2.00. The molecular weight excluding hydrogens is 202 g/mol. The summed E-state index contributed by atoms with van der Waals surface area (Å²) >= 11 is 0. The van der Waals surface area contributed by atoms with Crippen LogP contribution in [0.3, 0.4) is 0 Å². The maximum atomic E-state index is 5.18. The number of hydrogen-bond acceptors (Lipinski definition) is 3. The molecule has 0 bridgehead atoms. The van der Waals surface area contributed by atoms with Gasteiger partial charge < -0.3 is 4.74 Å². The van der Waals surface area contributed by atoms with Crippen LogP contribution in [0.4, 0.5) is 0 Å². The molecule has 0 aliphatic heterocycles. The normalized spacial score (nSPS) is 10.4. The fraction of sp³-hybridized carbons (Fsp3) is 0.333. The lowest BCUT2D eigenvalue weighted by molar-refractivity contribution is 0.415. The summed E-state index contributed by atoms with van der Waals surface area (Å²) in [6.07, 6.45) is 3.01. The second-order valence-electron chi connectivity index (χ2n) is 3.60. The molecule has 0 saturated heterocycles. The Morgan fingerprint density at radius 3 is 3.00 bits per heavy atom. The molecule has 0 aliphatic rings. The summed E-state index contributed by atoms with van der Waals surface area (Å²) in [5, 5.41) is 8.20. The molecule has 0 radical (unpaired) electrons. The minimum absolute atomic E-state index is 0.836. The maximum absolute atomic E-state index is 5.18. The number of ether oxygens (including phenoxy) is 1. The third-order valence-corrected chi connectivity index (χ3v) is 2.36. The van der Waals surface area contributed by atoms with Gasteiger partial charge in [0, 0.05) is 12.1 Å². The Hall–Kier alpha value is -1.84. The van der Waals surface area contributed by atoms with Gasteiger partial charge >= 0.3 is 0 Å². The molecule has 1 heterocycles. The summed E-state index contributed by atoms with van der Waals surface area (Å²) in [7, 11) is 1.66. The fourth-order valence-corrected chi connectivity index (χ4v) is 1.55. The highest BCUT2D eigenvalue weighted by molar-refractivity contribution is 5.59. The maximum Gasteiger partial charge on any atom is 0.119 e. The number of aromatic nitrogens is 3. The van der Waals surface area contributed by atoms with Crippen molar-refractivity contribution in [3.8, 4) is 17.0 Å². The van der Waals surface area contributed by atoms with Crippen LogP contribution in [0, 0.1) is 0 Å². The Balaban J connectivity index is 2.27. The Kier molecular flexibility index (Phi) is 3.19. The molecule has 84 valence electrons. The van der Waals surface area contributed by atoms with Gasteiger partial charge in [0.1, 0.15) is 11.4 Å². The molecule has 2 rings (SSSR count). The summed E-state index contributed by atoms with van der Waals surface area (Å²) in [5.41, 5.74) is 1.91. The molecular formula is C12H15N3O. The van der Waals surface area contributed by atoms with E-state index in [2.05, 4.69) is 17.2 Å². The second kappa shape index (κ2) is 4.79. The second-order valence-corrected chi connectivity index (χ2v) is 3.60. The number of nitrogens with zero attached hydrogens (tertiary/aromatic N) is 3. The van der Waals surface area contributed by atoms with E-state index in [-0.39, 0.29) is 0 Å². The van der Waals surface area contributed by atoms with Gasteiger partial charge in [0.25, 0.3) is 0 Å². The molecule has 1 aromatic heterocycles. The summed E-state index contributed by atoms with van der Waals surface area (Å²) in [6, 6.07) is 7.83. The molecule has 0 amide bonds. The van der Waals surface area contributed by atoms with Crippen molar-refractivity contribution in [1.29, 1.82) is 0 Å². The predicted octanol–water partition coefficient (Wildman–Crippen LogP) is 2.36. The Labute approximate surface area is 94.9 Å². The number of methoxy groups -OCH3 is 1. The van der Waals surface area contributed by atoms with E-state index in [4.69, 9.17) is 4.74 Å². The zero-order chi connectivity index (χ0) is 11.4. The van der Waals surface area contributed by atoms with E-state index in [1.54, 1.807) is 7.11 Å². The molecule has 4 nitrogen and oxygen atoms in total. The fourth-order valence-electron chi connectivity index (χ4n) is 1.55. The molecule has 4 heteroatoms. The molecule has 16 heavy (non-hydrogen) atoms. The van der Waals surface area contributed by atoms with Gasteiger partial charge in [-0.15, -0.1) is 5.10 Å². The van der Waals surface area contributed by atoms with Crippen molar-refractivity contribution in [1.82, 2.24) is 15.0 Å². The van der Waals surface area contributed by atoms with Crippen LogP contribution in [0.1, 0.15) is 13.3 Å². The van der Waals surface area contributed by atoms with Crippen molar-refractivity contribution in [2.24, 2.45) is 0 Å². The Bertz CT molecular complexity index is 465. The van der Waals surface area contributed by atoms with Crippen molar-refractivity contribution in [2.45, 2.75) is 19.9 Å². The SMILES string of the molecule is CCCn1cc(-c2cccc(OC)c2)nn1. The van der Waals surface area contributed by atoms with Gasteiger partial charge in [-0.3, -0.25) is 4.68 Å². The van der Waals surface area contributed by atoms with E-state index < -0.39 is 0 Å². The van der Waals surface area contributed by atoms with Crippen molar-refractivity contribution in [3.05, 3.63) is 30.5 Å². The summed E-state index contributed by atoms with van der Waals surface area (Å²) in [5.74, 6) is 0.836. The van der Waals surface area contributed by atoms with E-state index in [0.717, 1.165) is 30.0 Å². The standard InChI is InChI=1S/C12H15N3O/c1-3-7-15-9-12(13-14-15)10-5-4-6-11(8-10)16-2/h4-6,8-9H,3,7H2,1-2H3. The quantitative estimate of drug-likeness (QED) is 0.789. The molecule has 0 atom stereocenters. The number of aryl methyl sites for hydroxylation is 1.